The van der Waals surface area contributed by atoms with Gasteiger partial charge >= 0.3 is 0 Å². The number of hydrogen-bond donors (Lipinski definition) is 1. The number of carbonyl (C=O) groups is 1. The molecule has 0 amide bonds. The molecule has 0 aromatic heterocycles. The predicted molar refractivity (Wildman–Crippen MR) is 83.2 cm³/mol. The molecule has 0 saturated carbocycles. The van der Waals surface area contributed by atoms with Crippen LogP contribution in [0.3, 0.4) is 0 Å². The van der Waals surface area contributed by atoms with E-state index in [4.69, 9.17) is 10.5 Å². The van der Waals surface area contributed by atoms with Crippen LogP contribution in [0.2, 0.25) is 0 Å². The second kappa shape index (κ2) is 8.05. The second-order valence-corrected chi connectivity index (χ2v) is 6.05. The average Bonchev–Trinajstić information content (AvgIpc) is 2.36. The van der Waals surface area contributed by atoms with Gasteiger partial charge in [0.2, 0.25) is 0 Å². The lowest BCUT2D eigenvalue weighted by molar-refractivity contribution is 0.0956. The Morgan fingerprint density at radius 2 is 1.95 bits per heavy atom. The van der Waals surface area contributed by atoms with Crippen LogP contribution in [0.4, 0.5) is 0 Å². The Balaban J connectivity index is 2.71. The lowest BCUT2D eigenvalue weighted by Crippen LogP contribution is -2.20. The van der Waals surface area contributed by atoms with Gasteiger partial charge in [-0.05, 0) is 50.8 Å². The molecule has 112 valence electrons. The van der Waals surface area contributed by atoms with E-state index in [1.165, 1.54) is 0 Å². The van der Waals surface area contributed by atoms with Crippen LogP contribution in [0.15, 0.2) is 24.3 Å². The Hall–Kier alpha value is -1.35. The summed E-state index contributed by atoms with van der Waals surface area (Å²) in [4.78, 5) is 12.3. The molecule has 3 heteroatoms. The fraction of sp³-hybridized carbons (Fsp3) is 0.588. The highest BCUT2D eigenvalue weighted by atomic mass is 16.5. The fourth-order valence-corrected chi connectivity index (χ4v) is 2.32. The summed E-state index contributed by atoms with van der Waals surface area (Å²) in [5, 5.41) is 0. The van der Waals surface area contributed by atoms with E-state index in [-0.39, 0.29) is 17.8 Å². The Kier molecular flexibility index (Phi) is 6.73. The average molecular weight is 277 g/mol. The van der Waals surface area contributed by atoms with Crippen molar-refractivity contribution in [1.82, 2.24) is 0 Å². The predicted octanol–water partition coefficient (Wildman–Crippen LogP) is 3.67. The minimum atomic E-state index is 0.109. The lowest BCUT2D eigenvalue weighted by Gasteiger charge is -2.16. The van der Waals surface area contributed by atoms with E-state index < -0.39 is 0 Å². The molecule has 2 N–H and O–H groups in total. The fourth-order valence-electron chi connectivity index (χ4n) is 2.32. The molecule has 1 unspecified atom stereocenters. The van der Waals surface area contributed by atoms with Crippen LogP contribution in [-0.4, -0.2) is 18.4 Å². The Bertz CT molecular complexity index is 427. The quantitative estimate of drug-likeness (QED) is 0.738. The summed E-state index contributed by atoms with van der Waals surface area (Å²) in [5.74, 6) is 1.72. The zero-order valence-electron chi connectivity index (χ0n) is 13.1. The SMILES string of the molecule is CC(C)CC(CN)CC(=O)c1cccc(OC(C)C)c1. The van der Waals surface area contributed by atoms with Gasteiger partial charge in [-0.25, -0.2) is 0 Å². The maximum absolute atomic E-state index is 12.3. The summed E-state index contributed by atoms with van der Waals surface area (Å²) in [6, 6.07) is 7.42. The van der Waals surface area contributed by atoms with Crippen molar-refractivity contribution in [2.24, 2.45) is 17.6 Å². The molecule has 0 bridgehead atoms. The Morgan fingerprint density at radius 3 is 2.50 bits per heavy atom. The van der Waals surface area contributed by atoms with E-state index in [2.05, 4.69) is 13.8 Å². The zero-order valence-corrected chi connectivity index (χ0v) is 13.1. The first kappa shape index (κ1) is 16.7. The number of Topliss-reactive ketones (excluding diaryl/α,β-unsaturated/α-hetero) is 1. The molecule has 3 nitrogen and oxygen atoms in total. The second-order valence-electron chi connectivity index (χ2n) is 6.05. The molecule has 1 atom stereocenters. The first-order chi connectivity index (χ1) is 9.42. The third-order valence-corrected chi connectivity index (χ3v) is 3.14. The van der Waals surface area contributed by atoms with Crippen LogP contribution in [0.5, 0.6) is 5.75 Å². The van der Waals surface area contributed by atoms with Gasteiger partial charge < -0.3 is 10.5 Å². The first-order valence-electron chi connectivity index (χ1n) is 7.42. The van der Waals surface area contributed by atoms with Crippen LogP contribution >= 0.6 is 0 Å². The summed E-state index contributed by atoms with van der Waals surface area (Å²) >= 11 is 0. The van der Waals surface area contributed by atoms with Crippen molar-refractivity contribution in [3.8, 4) is 5.75 Å². The highest BCUT2D eigenvalue weighted by molar-refractivity contribution is 5.96. The van der Waals surface area contributed by atoms with E-state index >= 15 is 0 Å². The molecule has 0 saturated heterocycles. The van der Waals surface area contributed by atoms with E-state index in [0.717, 1.165) is 12.2 Å². The molecular formula is C17H27NO2. The number of hydrogen-bond acceptors (Lipinski definition) is 3. The first-order valence-corrected chi connectivity index (χ1v) is 7.42. The Labute approximate surface area is 122 Å². The normalized spacial score (nSPS) is 12.8. The largest absolute Gasteiger partial charge is 0.491 e. The van der Waals surface area contributed by atoms with Crippen LogP contribution in [0.1, 0.15) is 50.9 Å². The summed E-state index contributed by atoms with van der Waals surface area (Å²) < 4.78 is 5.62. The van der Waals surface area contributed by atoms with Gasteiger partial charge in [-0.2, -0.15) is 0 Å². The zero-order chi connectivity index (χ0) is 15.1. The van der Waals surface area contributed by atoms with Gasteiger partial charge in [-0.3, -0.25) is 4.79 Å². The molecular weight excluding hydrogens is 250 g/mol. The molecule has 1 aromatic rings. The Morgan fingerprint density at radius 1 is 1.25 bits per heavy atom. The summed E-state index contributed by atoms with van der Waals surface area (Å²) in [5.41, 5.74) is 6.48. The summed E-state index contributed by atoms with van der Waals surface area (Å²) in [6.07, 6.45) is 1.61. The monoisotopic (exact) mass is 277 g/mol. The number of benzene rings is 1. The van der Waals surface area contributed by atoms with Crippen molar-refractivity contribution in [2.45, 2.75) is 46.6 Å². The molecule has 0 radical (unpaired) electrons. The molecule has 1 rings (SSSR count). The maximum atomic E-state index is 12.3. The number of carbonyl (C=O) groups excluding carboxylic acids is 1. The van der Waals surface area contributed by atoms with Crippen LogP contribution in [0.25, 0.3) is 0 Å². The van der Waals surface area contributed by atoms with E-state index in [0.29, 0.717) is 24.4 Å². The van der Waals surface area contributed by atoms with E-state index in [1.807, 2.05) is 38.1 Å². The standard InChI is InChI=1S/C17H27NO2/c1-12(2)8-14(11-18)9-17(19)15-6-5-7-16(10-15)20-13(3)4/h5-7,10,12-14H,8-9,11,18H2,1-4H3. The van der Waals surface area contributed by atoms with Gasteiger partial charge in [0.15, 0.2) is 5.78 Å². The number of nitrogens with two attached hydrogens (primary N) is 1. The number of ketones is 1. The van der Waals surface area contributed by atoms with Gasteiger partial charge in [-0.1, -0.05) is 26.0 Å². The third kappa shape index (κ3) is 5.74. The van der Waals surface area contributed by atoms with Gasteiger partial charge in [0.05, 0.1) is 6.10 Å². The van der Waals surface area contributed by atoms with E-state index in [9.17, 15) is 4.79 Å². The topological polar surface area (TPSA) is 52.3 Å². The lowest BCUT2D eigenvalue weighted by atomic mass is 9.91. The van der Waals surface area contributed by atoms with Gasteiger partial charge in [-0.15, -0.1) is 0 Å². The number of rotatable bonds is 8. The molecule has 0 spiro atoms. The van der Waals surface area contributed by atoms with E-state index in [1.54, 1.807) is 0 Å². The van der Waals surface area contributed by atoms with Crippen LogP contribution in [-0.2, 0) is 0 Å². The number of ether oxygens (including phenoxy) is 1. The van der Waals surface area contributed by atoms with Gasteiger partial charge in [0, 0.05) is 12.0 Å². The maximum Gasteiger partial charge on any atom is 0.163 e. The minimum Gasteiger partial charge on any atom is -0.491 e. The van der Waals surface area contributed by atoms with Crippen LogP contribution < -0.4 is 10.5 Å². The highest BCUT2D eigenvalue weighted by Gasteiger charge is 2.16. The molecule has 0 aliphatic rings. The molecule has 0 heterocycles. The molecule has 20 heavy (non-hydrogen) atoms. The van der Waals surface area contributed by atoms with Gasteiger partial charge in [0.1, 0.15) is 5.75 Å². The third-order valence-electron chi connectivity index (χ3n) is 3.14. The molecule has 0 aliphatic heterocycles. The smallest absolute Gasteiger partial charge is 0.163 e. The summed E-state index contributed by atoms with van der Waals surface area (Å²) in [6.45, 7) is 8.82. The minimum absolute atomic E-state index is 0.109. The molecule has 0 aliphatic carbocycles. The molecule has 0 fully saturated rings. The summed E-state index contributed by atoms with van der Waals surface area (Å²) in [7, 11) is 0. The van der Waals surface area contributed by atoms with Crippen molar-refractivity contribution in [2.75, 3.05) is 6.54 Å². The van der Waals surface area contributed by atoms with Crippen molar-refractivity contribution >= 4 is 5.78 Å². The highest BCUT2D eigenvalue weighted by Crippen LogP contribution is 2.20. The molecule has 1 aromatic carbocycles. The van der Waals surface area contributed by atoms with Gasteiger partial charge in [0.25, 0.3) is 0 Å². The van der Waals surface area contributed by atoms with Crippen molar-refractivity contribution in [3.05, 3.63) is 29.8 Å². The van der Waals surface area contributed by atoms with Crippen LogP contribution in [0, 0.1) is 11.8 Å². The van der Waals surface area contributed by atoms with Crippen molar-refractivity contribution < 1.29 is 9.53 Å². The van der Waals surface area contributed by atoms with Crippen molar-refractivity contribution in [3.63, 3.8) is 0 Å². The van der Waals surface area contributed by atoms with Crippen molar-refractivity contribution in [1.29, 1.82) is 0 Å².